The number of aromatic hydroxyl groups is 1. The second kappa shape index (κ2) is 4.68. The Morgan fingerprint density at radius 3 is 2.84 bits per heavy atom. The molecule has 19 heavy (non-hydrogen) atoms. The molecule has 1 unspecified atom stereocenters. The molecular formula is C14H13NO4. The van der Waals surface area contributed by atoms with Crippen molar-refractivity contribution in [2.45, 2.75) is 6.10 Å². The number of pyridine rings is 1. The molecule has 0 fully saturated rings. The van der Waals surface area contributed by atoms with Crippen molar-refractivity contribution in [3.63, 3.8) is 0 Å². The van der Waals surface area contributed by atoms with Crippen LogP contribution in [0.25, 0.3) is 0 Å². The summed E-state index contributed by atoms with van der Waals surface area (Å²) >= 11 is 0. The van der Waals surface area contributed by atoms with Gasteiger partial charge in [0.2, 0.25) is 0 Å². The largest absolute Gasteiger partial charge is 0.506 e. The highest BCUT2D eigenvalue weighted by molar-refractivity contribution is 5.40. The van der Waals surface area contributed by atoms with Crippen LogP contribution < -0.4 is 14.2 Å². The third-order valence-corrected chi connectivity index (χ3v) is 2.94. The van der Waals surface area contributed by atoms with Gasteiger partial charge in [0.15, 0.2) is 11.9 Å². The van der Waals surface area contributed by atoms with Crippen molar-refractivity contribution >= 4 is 0 Å². The summed E-state index contributed by atoms with van der Waals surface area (Å²) in [6.07, 6.45) is 1.12. The molecular weight excluding hydrogens is 246 g/mol. The van der Waals surface area contributed by atoms with Crippen LogP contribution in [0.3, 0.4) is 0 Å². The van der Waals surface area contributed by atoms with E-state index >= 15 is 0 Å². The van der Waals surface area contributed by atoms with Gasteiger partial charge in [-0.05, 0) is 17.7 Å². The van der Waals surface area contributed by atoms with Crippen LogP contribution >= 0.6 is 0 Å². The fourth-order valence-electron chi connectivity index (χ4n) is 1.93. The van der Waals surface area contributed by atoms with Gasteiger partial charge >= 0.3 is 0 Å². The van der Waals surface area contributed by atoms with E-state index in [0.29, 0.717) is 18.2 Å². The molecule has 0 bridgehead atoms. The number of hydrogen-bond acceptors (Lipinski definition) is 5. The lowest BCUT2D eigenvalue weighted by Gasteiger charge is -2.25. The number of fused-ring (bicyclic) bond motifs is 1. The van der Waals surface area contributed by atoms with Gasteiger partial charge in [-0.25, -0.2) is 4.98 Å². The minimum absolute atomic E-state index is 0.0604. The minimum atomic E-state index is -0.213. The highest BCUT2D eigenvalue weighted by atomic mass is 16.6. The number of benzene rings is 1. The molecule has 1 aromatic carbocycles. The summed E-state index contributed by atoms with van der Waals surface area (Å²) in [5.74, 6) is 1.71. The van der Waals surface area contributed by atoms with Gasteiger partial charge in [0.1, 0.15) is 18.1 Å². The molecule has 0 aliphatic carbocycles. The zero-order valence-corrected chi connectivity index (χ0v) is 10.4. The van der Waals surface area contributed by atoms with E-state index in [1.165, 1.54) is 12.3 Å². The minimum Gasteiger partial charge on any atom is -0.506 e. The smallest absolute Gasteiger partial charge is 0.258 e. The number of hydrogen-bond donors (Lipinski definition) is 1. The fraction of sp³-hybridized carbons (Fsp3) is 0.214. The third kappa shape index (κ3) is 2.27. The fourth-order valence-corrected chi connectivity index (χ4v) is 1.93. The highest BCUT2D eigenvalue weighted by Gasteiger charge is 2.24. The second-order valence-electron chi connectivity index (χ2n) is 4.19. The monoisotopic (exact) mass is 259 g/mol. The predicted molar refractivity (Wildman–Crippen MR) is 67.8 cm³/mol. The van der Waals surface area contributed by atoms with E-state index in [1.807, 2.05) is 24.3 Å². The molecule has 5 heteroatoms. The zero-order chi connectivity index (χ0) is 13.2. The van der Waals surface area contributed by atoms with Crippen LogP contribution in [0.1, 0.15) is 11.7 Å². The summed E-state index contributed by atoms with van der Waals surface area (Å²) < 4.78 is 16.4. The molecule has 5 nitrogen and oxygen atoms in total. The molecule has 1 aliphatic heterocycles. The number of aromatic nitrogens is 1. The lowest BCUT2D eigenvalue weighted by Crippen LogP contribution is -2.22. The quantitative estimate of drug-likeness (QED) is 0.896. The van der Waals surface area contributed by atoms with Crippen molar-refractivity contribution in [2.75, 3.05) is 13.7 Å². The molecule has 0 saturated heterocycles. The first-order valence-electron chi connectivity index (χ1n) is 5.88. The molecule has 1 atom stereocenters. The van der Waals surface area contributed by atoms with Crippen molar-refractivity contribution in [1.82, 2.24) is 4.98 Å². The van der Waals surface area contributed by atoms with Crippen molar-refractivity contribution in [3.05, 3.63) is 42.1 Å². The standard InChI is InChI=1S/C14H13NO4/c1-17-11-4-2-9(3-5-11)13-8-18-12-6-10(16)7-15-14(12)19-13/h2-7,13,16H,8H2,1H3. The Kier molecular flexibility index (Phi) is 2.87. The Morgan fingerprint density at radius 2 is 2.11 bits per heavy atom. The van der Waals surface area contributed by atoms with Gasteiger partial charge < -0.3 is 19.3 Å². The van der Waals surface area contributed by atoms with Crippen molar-refractivity contribution < 1.29 is 19.3 Å². The summed E-state index contributed by atoms with van der Waals surface area (Å²) in [7, 11) is 1.63. The molecule has 1 aliphatic rings. The molecule has 0 radical (unpaired) electrons. The van der Waals surface area contributed by atoms with Crippen LogP contribution in [0.5, 0.6) is 23.1 Å². The van der Waals surface area contributed by atoms with Gasteiger partial charge in [0, 0.05) is 6.07 Å². The Morgan fingerprint density at radius 1 is 1.32 bits per heavy atom. The van der Waals surface area contributed by atoms with Crippen molar-refractivity contribution in [1.29, 1.82) is 0 Å². The Hall–Kier alpha value is -2.43. The van der Waals surface area contributed by atoms with Crippen molar-refractivity contribution in [3.8, 4) is 23.1 Å². The average Bonchev–Trinajstić information content (AvgIpc) is 2.47. The number of methoxy groups -OCH3 is 1. The van der Waals surface area contributed by atoms with Crippen LogP contribution in [0.2, 0.25) is 0 Å². The number of nitrogens with zero attached hydrogens (tertiary/aromatic N) is 1. The van der Waals surface area contributed by atoms with Gasteiger partial charge in [-0.1, -0.05) is 12.1 Å². The molecule has 0 saturated carbocycles. The summed E-state index contributed by atoms with van der Waals surface area (Å²) in [5.41, 5.74) is 0.987. The maximum Gasteiger partial charge on any atom is 0.258 e. The summed E-state index contributed by atoms with van der Waals surface area (Å²) in [5, 5.41) is 9.32. The van der Waals surface area contributed by atoms with Crippen LogP contribution in [0, 0.1) is 0 Å². The summed E-state index contributed by atoms with van der Waals surface area (Å²) in [6, 6.07) is 9.10. The van der Waals surface area contributed by atoms with E-state index in [9.17, 15) is 5.11 Å². The Labute approximate surface area is 110 Å². The van der Waals surface area contributed by atoms with E-state index < -0.39 is 0 Å². The van der Waals surface area contributed by atoms with Gasteiger partial charge in [-0.3, -0.25) is 0 Å². The highest BCUT2D eigenvalue weighted by Crippen LogP contribution is 2.36. The van der Waals surface area contributed by atoms with E-state index in [1.54, 1.807) is 7.11 Å². The number of ether oxygens (including phenoxy) is 3. The maximum absolute atomic E-state index is 9.32. The Balaban J connectivity index is 1.82. The normalized spacial score (nSPS) is 17.0. The lowest BCUT2D eigenvalue weighted by atomic mass is 10.1. The van der Waals surface area contributed by atoms with Gasteiger partial charge in [0.05, 0.1) is 13.3 Å². The molecule has 2 aromatic rings. The lowest BCUT2D eigenvalue weighted by molar-refractivity contribution is 0.0846. The van der Waals surface area contributed by atoms with Crippen LogP contribution in [0.15, 0.2) is 36.5 Å². The maximum atomic E-state index is 9.32. The molecule has 1 aromatic heterocycles. The van der Waals surface area contributed by atoms with E-state index in [0.717, 1.165) is 11.3 Å². The zero-order valence-electron chi connectivity index (χ0n) is 10.4. The van der Waals surface area contributed by atoms with E-state index in [-0.39, 0.29) is 11.9 Å². The first-order valence-corrected chi connectivity index (χ1v) is 5.88. The second-order valence-corrected chi connectivity index (χ2v) is 4.19. The van der Waals surface area contributed by atoms with Crippen molar-refractivity contribution in [2.24, 2.45) is 0 Å². The SMILES string of the molecule is COc1ccc(C2COc3cc(O)cnc3O2)cc1. The van der Waals surface area contributed by atoms with Crippen LogP contribution in [-0.2, 0) is 0 Å². The topological polar surface area (TPSA) is 60.8 Å². The molecule has 0 spiro atoms. The molecule has 0 amide bonds. The van der Waals surface area contributed by atoms with Gasteiger partial charge in [-0.15, -0.1) is 0 Å². The predicted octanol–water partition coefficient (Wildman–Crippen LogP) is 2.31. The molecule has 98 valence electrons. The molecule has 1 N–H and O–H groups in total. The number of rotatable bonds is 2. The molecule has 2 heterocycles. The summed E-state index contributed by atoms with van der Waals surface area (Å²) in [6.45, 7) is 0.379. The first-order chi connectivity index (χ1) is 9.26. The van der Waals surface area contributed by atoms with Crippen LogP contribution in [-0.4, -0.2) is 23.8 Å². The van der Waals surface area contributed by atoms with Crippen LogP contribution in [0.4, 0.5) is 0 Å². The van der Waals surface area contributed by atoms with E-state index in [4.69, 9.17) is 14.2 Å². The first kappa shape index (κ1) is 11.6. The third-order valence-electron chi connectivity index (χ3n) is 2.94. The van der Waals surface area contributed by atoms with Gasteiger partial charge in [-0.2, -0.15) is 0 Å². The average molecular weight is 259 g/mol. The van der Waals surface area contributed by atoms with E-state index in [2.05, 4.69) is 4.98 Å². The summed E-state index contributed by atoms with van der Waals surface area (Å²) in [4.78, 5) is 4.01. The van der Waals surface area contributed by atoms with Gasteiger partial charge in [0.25, 0.3) is 5.88 Å². The Bertz CT molecular complexity index is 582. The molecule has 3 rings (SSSR count).